The average Bonchev–Trinajstić information content (AvgIpc) is 2.70. The van der Waals surface area contributed by atoms with Crippen LogP contribution in [-0.2, 0) is 10.0 Å². The van der Waals surface area contributed by atoms with E-state index in [1.807, 2.05) is 0 Å². The van der Waals surface area contributed by atoms with Crippen molar-refractivity contribution in [2.24, 2.45) is 0 Å². The van der Waals surface area contributed by atoms with E-state index in [-0.39, 0.29) is 22.8 Å². The van der Waals surface area contributed by atoms with Gasteiger partial charge in [-0.2, -0.15) is 0 Å². The Labute approximate surface area is 184 Å². The zero-order chi connectivity index (χ0) is 22.1. The van der Waals surface area contributed by atoms with Gasteiger partial charge in [0.15, 0.2) is 5.82 Å². The van der Waals surface area contributed by atoms with Crippen LogP contribution in [-0.4, -0.2) is 30.4 Å². The number of nitrogens with one attached hydrogen (secondary N) is 3. The fraction of sp³-hybridized carbons (Fsp3) is 0.667. The summed E-state index contributed by atoms with van der Waals surface area (Å²) in [5.74, 6) is -0.113. The summed E-state index contributed by atoms with van der Waals surface area (Å²) >= 11 is 0. The largest absolute Gasteiger partial charge is 0.381 e. The Morgan fingerprint density at radius 2 is 1.58 bits per heavy atom. The second-order valence-electron chi connectivity index (χ2n) is 8.47. The third kappa shape index (κ3) is 7.37. The molecule has 1 heterocycles. The van der Waals surface area contributed by atoms with Crippen LogP contribution in [0.25, 0.3) is 0 Å². The van der Waals surface area contributed by atoms with Gasteiger partial charge in [-0.15, -0.1) is 0 Å². The van der Waals surface area contributed by atoms with Crippen LogP contribution in [0.3, 0.4) is 0 Å². The highest BCUT2D eigenvalue weighted by Gasteiger charge is 2.25. The van der Waals surface area contributed by atoms with Crippen LogP contribution in [0, 0.1) is 10.1 Å². The maximum Gasteiger partial charge on any atom is 0.275 e. The smallest absolute Gasteiger partial charge is 0.275 e. The van der Waals surface area contributed by atoms with Gasteiger partial charge in [-0.3, -0.25) is 19.8 Å². The molecule has 0 spiro atoms. The molecule has 9 nitrogen and oxygen atoms in total. The summed E-state index contributed by atoms with van der Waals surface area (Å²) in [5, 5.41) is 17.5. The molecule has 3 N–H and O–H groups in total. The molecule has 0 aromatic carbocycles. The Bertz CT molecular complexity index is 860. The zero-order valence-electron chi connectivity index (χ0n) is 17.9. The molecule has 0 bridgehead atoms. The second kappa shape index (κ2) is 11.3. The molecule has 2 aliphatic carbocycles. The Balaban J connectivity index is 1.77. The minimum Gasteiger partial charge on any atom is -0.381 e. The highest BCUT2D eigenvalue weighted by atomic mass is 32.2. The van der Waals surface area contributed by atoms with E-state index >= 15 is 0 Å². The molecule has 2 saturated carbocycles. The molecule has 3 rings (SSSR count). The minimum atomic E-state index is -4.06. The highest BCUT2D eigenvalue weighted by Crippen LogP contribution is 2.25. The van der Waals surface area contributed by atoms with Crippen molar-refractivity contribution in [1.29, 1.82) is 0 Å². The van der Waals surface area contributed by atoms with Crippen LogP contribution in [0.4, 0.5) is 5.69 Å². The Morgan fingerprint density at radius 3 is 2.23 bits per heavy atom. The first kappa shape index (κ1) is 23.3. The summed E-state index contributed by atoms with van der Waals surface area (Å²) in [6.45, 7) is 0. The van der Waals surface area contributed by atoms with Crippen molar-refractivity contribution < 1.29 is 13.3 Å². The van der Waals surface area contributed by atoms with Crippen molar-refractivity contribution in [3.05, 3.63) is 40.6 Å². The fourth-order valence-electron chi connectivity index (χ4n) is 4.40. The predicted molar refractivity (Wildman–Crippen MR) is 119 cm³/mol. The predicted octanol–water partition coefficient (Wildman–Crippen LogP) is 3.88. The Kier molecular flexibility index (Phi) is 8.51. The third-order valence-corrected chi connectivity index (χ3v) is 7.38. The van der Waals surface area contributed by atoms with Crippen LogP contribution in [0.1, 0.15) is 77.0 Å². The molecule has 0 unspecified atom stereocenters. The van der Waals surface area contributed by atoms with Gasteiger partial charge in [0.2, 0.25) is 0 Å². The lowest BCUT2D eigenvalue weighted by atomic mass is 9.96. The molecule has 172 valence electrons. The summed E-state index contributed by atoms with van der Waals surface area (Å²) < 4.78 is 28.7. The van der Waals surface area contributed by atoms with E-state index in [0.29, 0.717) is 11.9 Å². The number of hydrogen-bond acceptors (Lipinski definition) is 7. The van der Waals surface area contributed by atoms with Crippen LogP contribution < -0.4 is 15.4 Å². The first-order valence-corrected chi connectivity index (χ1v) is 12.8. The summed E-state index contributed by atoms with van der Waals surface area (Å²) in [6.07, 6.45) is 16.3. The van der Waals surface area contributed by atoms with Crippen molar-refractivity contribution in [1.82, 2.24) is 15.0 Å². The maximum atomic E-state index is 13.2. The first-order valence-electron chi connectivity index (χ1n) is 11.3. The van der Waals surface area contributed by atoms with Gasteiger partial charge in [-0.05, 0) is 31.7 Å². The maximum absolute atomic E-state index is 13.2. The summed E-state index contributed by atoms with van der Waals surface area (Å²) in [6, 6.07) is 1.87. The molecule has 2 aliphatic rings. The number of rotatable bonds is 8. The van der Waals surface area contributed by atoms with E-state index in [0.717, 1.165) is 57.8 Å². The van der Waals surface area contributed by atoms with Crippen molar-refractivity contribution in [2.75, 3.05) is 5.32 Å². The molecular formula is C21H33N5O4S. The number of aromatic nitrogens is 1. The molecule has 0 atom stereocenters. The molecule has 1 aromatic heterocycles. The van der Waals surface area contributed by atoms with E-state index in [4.69, 9.17) is 0 Å². The minimum absolute atomic E-state index is 0.00301. The van der Waals surface area contributed by atoms with Crippen LogP contribution in [0.15, 0.2) is 35.4 Å². The molecule has 31 heavy (non-hydrogen) atoms. The molecule has 2 fully saturated rings. The van der Waals surface area contributed by atoms with Crippen molar-refractivity contribution in [3.8, 4) is 0 Å². The summed E-state index contributed by atoms with van der Waals surface area (Å²) in [4.78, 5) is 14.4. The van der Waals surface area contributed by atoms with Gasteiger partial charge >= 0.3 is 0 Å². The number of nitrogens with zero attached hydrogens (tertiary/aromatic N) is 2. The molecule has 10 heteroatoms. The van der Waals surface area contributed by atoms with E-state index in [1.54, 1.807) is 12.3 Å². The zero-order valence-corrected chi connectivity index (χ0v) is 18.7. The second-order valence-corrected chi connectivity index (χ2v) is 10.1. The molecule has 0 radical (unpaired) electrons. The van der Waals surface area contributed by atoms with Gasteiger partial charge in [0.25, 0.3) is 16.2 Å². The molecule has 0 aliphatic heterocycles. The van der Waals surface area contributed by atoms with Crippen molar-refractivity contribution in [3.63, 3.8) is 0 Å². The van der Waals surface area contributed by atoms with E-state index in [1.165, 1.54) is 25.5 Å². The van der Waals surface area contributed by atoms with Gasteiger partial charge in [0.05, 0.1) is 10.6 Å². The lowest BCUT2D eigenvalue weighted by molar-refractivity contribution is -0.404. The summed E-state index contributed by atoms with van der Waals surface area (Å²) in [5.41, 5.74) is 0.478. The Hall–Kier alpha value is -2.36. The highest BCUT2D eigenvalue weighted by molar-refractivity contribution is 7.89. The van der Waals surface area contributed by atoms with Crippen LogP contribution >= 0.6 is 0 Å². The fourth-order valence-corrected chi connectivity index (χ4v) is 5.53. The summed E-state index contributed by atoms with van der Waals surface area (Å²) in [7, 11) is -4.06. The van der Waals surface area contributed by atoms with Crippen molar-refractivity contribution >= 4 is 15.7 Å². The standard InChI is InChI=1S/C21H33N5O4S/c27-26(28)16-21(24-18-11-7-4-8-12-18)25-31(29,30)20-15-22-14-13-19(20)23-17-9-5-2-1-3-6-10-17/h13-18,24-25H,1-12H2,(H,22,23). The van der Waals surface area contributed by atoms with Crippen molar-refractivity contribution in [2.45, 2.75) is 94.0 Å². The average molecular weight is 452 g/mol. The topological polar surface area (TPSA) is 126 Å². The number of sulfonamides is 1. The molecule has 1 aromatic rings. The molecule has 0 saturated heterocycles. The lowest BCUT2D eigenvalue weighted by Crippen LogP contribution is -2.39. The van der Waals surface area contributed by atoms with Gasteiger partial charge in [0, 0.05) is 24.5 Å². The number of nitro groups is 1. The normalized spacial score (nSPS) is 19.8. The first-order chi connectivity index (χ1) is 14.9. The van der Waals surface area contributed by atoms with E-state index in [9.17, 15) is 18.5 Å². The Morgan fingerprint density at radius 1 is 1.00 bits per heavy atom. The van der Waals surface area contributed by atoms with Gasteiger partial charge < -0.3 is 10.6 Å². The van der Waals surface area contributed by atoms with Crippen LogP contribution in [0.2, 0.25) is 0 Å². The monoisotopic (exact) mass is 451 g/mol. The van der Waals surface area contributed by atoms with E-state index in [2.05, 4.69) is 20.3 Å². The van der Waals surface area contributed by atoms with Gasteiger partial charge in [0.1, 0.15) is 4.90 Å². The van der Waals surface area contributed by atoms with Crippen LogP contribution in [0.5, 0.6) is 0 Å². The number of anilines is 1. The quantitative estimate of drug-likeness (QED) is 0.404. The number of hydrogen-bond donors (Lipinski definition) is 3. The van der Waals surface area contributed by atoms with Gasteiger partial charge in [-0.1, -0.05) is 51.4 Å². The van der Waals surface area contributed by atoms with E-state index < -0.39 is 14.9 Å². The third-order valence-electron chi connectivity index (χ3n) is 5.98. The molecular weight excluding hydrogens is 418 g/mol. The lowest BCUT2D eigenvalue weighted by Gasteiger charge is -2.25. The SMILES string of the molecule is O=[N+]([O-])C=C(NC1CCCCC1)NS(=O)(=O)c1cnccc1NC1CCCCCCC1. The number of pyridine rings is 1. The molecule has 0 amide bonds. The van der Waals surface area contributed by atoms with Gasteiger partial charge in [-0.25, -0.2) is 8.42 Å².